The molecule has 0 saturated carbocycles. The number of hydrogen-bond acceptors (Lipinski definition) is 5. The molecule has 33 heavy (non-hydrogen) atoms. The number of nitrogens with zero attached hydrogens (tertiary/aromatic N) is 2. The molecule has 1 aromatic heterocycles. The minimum absolute atomic E-state index is 0.0207. The van der Waals surface area contributed by atoms with Gasteiger partial charge in [0.1, 0.15) is 10.9 Å². The van der Waals surface area contributed by atoms with E-state index in [0.29, 0.717) is 17.8 Å². The number of imidazole rings is 1. The molecule has 0 bridgehead atoms. The molecule has 0 aliphatic heterocycles. The Morgan fingerprint density at radius 2 is 1.67 bits per heavy atom. The number of rotatable bonds is 11. The summed E-state index contributed by atoms with van der Waals surface area (Å²) >= 11 is 0.899. The summed E-state index contributed by atoms with van der Waals surface area (Å²) in [6, 6.07) is 14.0. The van der Waals surface area contributed by atoms with Crippen LogP contribution in [0.1, 0.15) is 52.0 Å². The van der Waals surface area contributed by atoms with Crippen molar-refractivity contribution in [2.24, 2.45) is 0 Å². The van der Waals surface area contributed by atoms with E-state index in [2.05, 4.69) is 4.98 Å². The Morgan fingerprint density at radius 1 is 0.970 bits per heavy atom. The van der Waals surface area contributed by atoms with E-state index in [-0.39, 0.29) is 28.6 Å². The number of carbonyl (C=O) groups is 3. The molecule has 1 heterocycles. The Kier molecular flexibility index (Phi) is 7.89. The average Bonchev–Trinajstić information content (AvgIpc) is 3.14. The maximum atomic E-state index is 12.0. The quantitative estimate of drug-likeness (QED) is 0.350. The predicted molar refractivity (Wildman–Crippen MR) is 124 cm³/mol. The normalized spacial score (nSPS) is 10.8. The van der Waals surface area contributed by atoms with Gasteiger partial charge in [-0.05, 0) is 29.2 Å². The number of benzene rings is 2. The minimum atomic E-state index is -1.16. The van der Waals surface area contributed by atoms with Crippen LogP contribution in [0.4, 0.5) is 0 Å². The average molecular weight is 469 g/mol. The van der Waals surface area contributed by atoms with E-state index in [0.717, 1.165) is 35.7 Å². The number of hydrogen-bond donors (Lipinski definition) is 3. The monoisotopic (exact) mass is 468 g/mol. The third-order valence-electron chi connectivity index (χ3n) is 5.07. The Morgan fingerprint density at radius 3 is 2.27 bits per heavy atom. The Labute approximate surface area is 194 Å². The van der Waals surface area contributed by atoms with E-state index in [1.54, 1.807) is 41.0 Å². The molecule has 0 amide bonds. The molecule has 9 heteroatoms. The predicted octanol–water partition coefficient (Wildman–Crippen LogP) is 4.51. The van der Waals surface area contributed by atoms with Crippen molar-refractivity contribution in [2.75, 3.05) is 5.75 Å². The van der Waals surface area contributed by atoms with E-state index in [9.17, 15) is 24.6 Å². The van der Waals surface area contributed by atoms with Gasteiger partial charge in [0.15, 0.2) is 5.69 Å². The van der Waals surface area contributed by atoms with E-state index in [4.69, 9.17) is 5.11 Å². The van der Waals surface area contributed by atoms with Gasteiger partial charge < -0.3 is 19.9 Å². The summed E-state index contributed by atoms with van der Waals surface area (Å²) in [5, 5.41) is 28.5. The van der Waals surface area contributed by atoms with Crippen molar-refractivity contribution in [3.63, 3.8) is 0 Å². The van der Waals surface area contributed by atoms with Crippen LogP contribution in [0.25, 0.3) is 11.1 Å². The van der Waals surface area contributed by atoms with Crippen LogP contribution in [0.15, 0.2) is 53.6 Å². The Balaban J connectivity index is 1.95. The van der Waals surface area contributed by atoms with Crippen molar-refractivity contribution >= 4 is 29.7 Å². The number of aromatic carboxylic acids is 2. The lowest BCUT2D eigenvalue weighted by Gasteiger charge is -2.12. The van der Waals surface area contributed by atoms with Gasteiger partial charge in [0.2, 0.25) is 0 Å². The molecular weight excluding hydrogens is 444 g/mol. The van der Waals surface area contributed by atoms with Crippen molar-refractivity contribution in [3.05, 3.63) is 71.2 Å². The summed E-state index contributed by atoms with van der Waals surface area (Å²) in [6.07, 6.45) is 2.31. The van der Waals surface area contributed by atoms with Gasteiger partial charge in [-0.3, -0.25) is 4.79 Å². The lowest BCUT2D eigenvalue weighted by atomic mass is 9.99. The molecule has 0 fully saturated rings. The minimum Gasteiger partial charge on any atom is -0.481 e. The van der Waals surface area contributed by atoms with Gasteiger partial charge in [-0.2, -0.15) is 0 Å². The highest BCUT2D eigenvalue weighted by atomic mass is 32.2. The van der Waals surface area contributed by atoms with Gasteiger partial charge in [-0.1, -0.05) is 67.6 Å². The van der Waals surface area contributed by atoms with Crippen molar-refractivity contribution in [2.45, 2.75) is 37.8 Å². The number of carboxylic acid groups (broad SMARTS) is 3. The molecule has 8 nitrogen and oxygen atoms in total. The first kappa shape index (κ1) is 24.1. The van der Waals surface area contributed by atoms with Crippen LogP contribution in [0.5, 0.6) is 0 Å². The highest BCUT2D eigenvalue weighted by Crippen LogP contribution is 2.27. The third-order valence-corrected chi connectivity index (χ3v) is 6.02. The first-order valence-corrected chi connectivity index (χ1v) is 11.4. The summed E-state index contributed by atoms with van der Waals surface area (Å²) < 4.78 is 1.63. The molecule has 0 saturated heterocycles. The maximum Gasteiger partial charge on any atom is 0.355 e. The Hall–Kier alpha value is -3.59. The SMILES string of the molecule is CCCCc1nc(SCC(=O)O)c(C(=O)O)n1Cc1ccc(-c2ccccc2C(=O)O)cc1. The van der Waals surface area contributed by atoms with E-state index < -0.39 is 17.9 Å². The molecular formula is C24H24N2O6S. The fourth-order valence-electron chi connectivity index (χ4n) is 3.50. The van der Waals surface area contributed by atoms with Crippen LogP contribution in [-0.4, -0.2) is 48.5 Å². The van der Waals surface area contributed by atoms with Crippen LogP contribution in [0.2, 0.25) is 0 Å². The molecule has 0 aliphatic carbocycles. The Bertz CT molecular complexity index is 1170. The molecule has 0 aliphatic rings. The van der Waals surface area contributed by atoms with Crippen LogP contribution >= 0.6 is 11.8 Å². The molecule has 3 rings (SSSR count). The van der Waals surface area contributed by atoms with Gasteiger partial charge >= 0.3 is 17.9 Å². The summed E-state index contributed by atoms with van der Waals surface area (Å²) in [5.74, 6) is -2.89. The van der Waals surface area contributed by atoms with Crippen LogP contribution < -0.4 is 0 Å². The second-order valence-corrected chi connectivity index (χ2v) is 8.37. The van der Waals surface area contributed by atoms with Gasteiger partial charge in [0.25, 0.3) is 0 Å². The lowest BCUT2D eigenvalue weighted by Crippen LogP contribution is -2.13. The van der Waals surface area contributed by atoms with Gasteiger partial charge in [-0.15, -0.1) is 0 Å². The highest BCUT2D eigenvalue weighted by molar-refractivity contribution is 7.99. The smallest absolute Gasteiger partial charge is 0.355 e. The van der Waals surface area contributed by atoms with Gasteiger partial charge in [-0.25, -0.2) is 14.6 Å². The molecule has 0 spiro atoms. The van der Waals surface area contributed by atoms with Crippen molar-refractivity contribution in [1.29, 1.82) is 0 Å². The van der Waals surface area contributed by atoms with Crippen molar-refractivity contribution < 1.29 is 29.7 Å². The summed E-state index contributed by atoms with van der Waals surface area (Å²) in [7, 11) is 0. The van der Waals surface area contributed by atoms with Crippen LogP contribution in [0.3, 0.4) is 0 Å². The number of aliphatic carboxylic acids is 1. The molecule has 3 aromatic rings. The third kappa shape index (κ3) is 5.81. The van der Waals surface area contributed by atoms with Crippen molar-refractivity contribution in [1.82, 2.24) is 9.55 Å². The fraction of sp³-hybridized carbons (Fsp3) is 0.250. The maximum absolute atomic E-state index is 12.0. The topological polar surface area (TPSA) is 130 Å². The number of thioether (sulfide) groups is 1. The van der Waals surface area contributed by atoms with Gasteiger partial charge in [0, 0.05) is 13.0 Å². The van der Waals surface area contributed by atoms with Gasteiger partial charge in [0.05, 0.1) is 11.3 Å². The zero-order valence-corrected chi connectivity index (χ0v) is 18.8. The largest absolute Gasteiger partial charge is 0.481 e. The molecule has 2 aromatic carbocycles. The molecule has 0 radical (unpaired) electrons. The van der Waals surface area contributed by atoms with E-state index in [1.807, 2.05) is 19.1 Å². The molecule has 3 N–H and O–H groups in total. The first-order valence-electron chi connectivity index (χ1n) is 10.4. The second kappa shape index (κ2) is 10.8. The first-order chi connectivity index (χ1) is 15.8. The number of aryl methyl sites for hydroxylation is 1. The fourth-order valence-corrected chi connectivity index (χ4v) is 4.27. The number of unbranched alkanes of at least 4 members (excludes halogenated alkanes) is 1. The standard InChI is InChI=1S/C24H24N2O6S/c1-2-3-8-19-25-22(33-14-20(27)28)21(24(31)32)26(19)13-15-9-11-16(12-10-15)17-6-4-5-7-18(17)23(29)30/h4-7,9-12H,2-3,8,13-14H2,1H3,(H,27,28)(H,29,30)(H,31,32). The summed E-state index contributed by atoms with van der Waals surface area (Å²) in [6.45, 7) is 2.28. The van der Waals surface area contributed by atoms with Crippen LogP contribution in [-0.2, 0) is 17.8 Å². The van der Waals surface area contributed by atoms with E-state index >= 15 is 0 Å². The molecule has 172 valence electrons. The highest BCUT2D eigenvalue weighted by Gasteiger charge is 2.23. The van der Waals surface area contributed by atoms with E-state index in [1.165, 1.54) is 0 Å². The lowest BCUT2D eigenvalue weighted by molar-refractivity contribution is -0.133. The zero-order chi connectivity index (χ0) is 24.0. The second-order valence-electron chi connectivity index (χ2n) is 7.41. The van der Waals surface area contributed by atoms with Crippen molar-refractivity contribution in [3.8, 4) is 11.1 Å². The zero-order valence-electron chi connectivity index (χ0n) is 18.0. The summed E-state index contributed by atoms with van der Waals surface area (Å²) in [4.78, 5) is 39.0. The molecule has 0 unspecified atom stereocenters. The molecule has 0 atom stereocenters. The summed E-state index contributed by atoms with van der Waals surface area (Å²) in [5.41, 5.74) is 2.34. The number of aromatic nitrogens is 2. The number of carboxylic acids is 3. The van der Waals surface area contributed by atoms with Crippen LogP contribution in [0, 0.1) is 0 Å².